The van der Waals surface area contributed by atoms with E-state index in [0.717, 1.165) is 19.1 Å². The number of hydrogen-bond acceptors (Lipinski definition) is 1. The summed E-state index contributed by atoms with van der Waals surface area (Å²) in [6.07, 6.45) is 3.74. The quantitative estimate of drug-likeness (QED) is 0.673. The summed E-state index contributed by atoms with van der Waals surface area (Å²) in [5, 5.41) is 0. The van der Waals surface area contributed by atoms with Crippen molar-refractivity contribution in [2.75, 3.05) is 13.2 Å². The normalized spacial score (nSPS) is 22.9. The van der Waals surface area contributed by atoms with Crippen molar-refractivity contribution < 1.29 is 4.74 Å². The van der Waals surface area contributed by atoms with E-state index in [0.29, 0.717) is 0 Å². The predicted octanol–water partition coefficient (Wildman–Crippen LogP) is 2.66. The van der Waals surface area contributed by atoms with Crippen molar-refractivity contribution in [1.82, 2.24) is 0 Å². The molecule has 70 valence electrons. The molecule has 1 aliphatic heterocycles. The Morgan fingerprint density at radius 3 is 2.77 bits per heavy atom. The van der Waals surface area contributed by atoms with Crippen molar-refractivity contribution in [3.05, 3.63) is 35.9 Å². The molecule has 0 N–H and O–H groups in total. The van der Waals surface area contributed by atoms with Gasteiger partial charge in [-0.25, -0.2) is 0 Å². The summed E-state index contributed by atoms with van der Waals surface area (Å²) in [4.78, 5) is 0. The summed E-state index contributed by atoms with van der Waals surface area (Å²) in [5.74, 6) is 0.746. The monoisotopic (exact) mass is 176 g/mol. The molecule has 0 aliphatic carbocycles. The second-order valence-electron chi connectivity index (χ2n) is 3.77. The van der Waals surface area contributed by atoms with Crippen LogP contribution in [-0.2, 0) is 11.2 Å². The summed E-state index contributed by atoms with van der Waals surface area (Å²) in [6, 6.07) is 10.7. The third-order valence-electron chi connectivity index (χ3n) is 2.62. The number of hydrogen-bond donors (Lipinski definition) is 0. The summed E-state index contributed by atoms with van der Waals surface area (Å²) in [5.41, 5.74) is 1.44. The van der Waals surface area contributed by atoms with Crippen LogP contribution in [0.3, 0.4) is 0 Å². The first-order valence-electron chi connectivity index (χ1n) is 5.07. The molecule has 1 heteroatoms. The topological polar surface area (TPSA) is 9.23 Å². The molecule has 1 heterocycles. The zero-order valence-corrected chi connectivity index (χ0v) is 7.91. The lowest BCUT2D eigenvalue weighted by Gasteiger charge is -2.21. The fourth-order valence-corrected chi connectivity index (χ4v) is 1.92. The van der Waals surface area contributed by atoms with Gasteiger partial charge in [0.25, 0.3) is 0 Å². The molecular weight excluding hydrogens is 160 g/mol. The van der Waals surface area contributed by atoms with Crippen LogP contribution in [0.25, 0.3) is 0 Å². The maximum atomic E-state index is 5.45. The van der Waals surface area contributed by atoms with Gasteiger partial charge in [-0.2, -0.15) is 0 Å². The Bertz CT molecular complexity index is 237. The van der Waals surface area contributed by atoms with Crippen LogP contribution < -0.4 is 0 Å². The Morgan fingerprint density at radius 2 is 2.08 bits per heavy atom. The van der Waals surface area contributed by atoms with Crippen LogP contribution in [0.4, 0.5) is 0 Å². The van der Waals surface area contributed by atoms with Gasteiger partial charge in [0.2, 0.25) is 0 Å². The Hall–Kier alpha value is -0.820. The first kappa shape index (κ1) is 8.76. The molecule has 1 aromatic carbocycles. The van der Waals surface area contributed by atoms with Crippen LogP contribution >= 0.6 is 0 Å². The van der Waals surface area contributed by atoms with E-state index >= 15 is 0 Å². The SMILES string of the molecule is c1ccc(CC2CCCOC2)cc1. The van der Waals surface area contributed by atoms with Crippen molar-refractivity contribution in [3.8, 4) is 0 Å². The maximum absolute atomic E-state index is 5.45. The van der Waals surface area contributed by atoms with E-state index in [4.69, 9.17) is 4.74 Å². The minimum Gasteiger partial charge on any atom is -0.381 e. The summed E-state index contributed by atoms with van der Waals surface area (Å²) >= 11 is 0. The molecular formula is C12H16O. The first-order valence-corrected chi connectivity index (χ1v) is 5.07. The smallest absolute Gasteiger partial charge is 0.0497 e. The molecule has 1 aliphatic rings. The maximum Gasteiger partial charge on any atom is 0.0497 e. The molecule has 13 heavy (non-hydrogen) atoms. The van der Waals surface area contributed by atoms with E-state index in [9.17, 15) is 0 Å². The molecule has 1 nitrogen and oxygen atoms in total. The highest BCUT2D eigenvalue weighted by Gasteiger charge is 2.13. The number of benzene rings is 1. The molecule has 0 saturated carbocycles. The molecule has 0 radical (unpaired) electrons. The van der Waals surface area contributed by atoms with Crippen molar-refractivity contribution in [2.45, 2.75) is 19.3 Å². The van der Waals surface area contributed by atoms with E-state index < -0.39 is 0 Å². The van der Waals surface area contributed by atoms with E-state index in [1.807, 2.05) is 0 Å². The molecule has 2 rings (SSSR count). The molecule has 1 fully saturated rings. The van der Waals surface area contributed by atoms with Crippen LogP contribution in [0, 0.1) is 5.92 Å². The average molecular weight is 176 g/mol. The lowest BCUT2D eigenvalue weighted by molar-refractivity contribution is 0.0550. The number of rotatable bonds is 2. The molecule has 0 bridgehead atoms. The standard InChI is InChI=1S/C12H16O/c1-2-5-11(6-3-1)9-12-7-4-8-13-10-12/h1-3,5-6,12H,4,7-10H2. The van der Waals surface area contributed by atoms with E-state index in [2.05, 4.69) is 30.3 Å². The summed E-state index contributed by atoms with van der Waals surface area (Å²) in [6.45, 7) is 1.92. The zero-order chi connectivity index (χ0) is 8.93. The average Bonchev–Trinajstić information content (AvgIpc) is 2.21. The minimum atomic E-state index is 0.746. The van der Waals surface area contributed by atoms with Gasteiger partial charge in [-0.05, 0) is 30.7 Å². The van der Waals surface area contributed by atoms with Gasteiger partial charge in [0, 0.05) is 13.2 Å². The highest BCUT2D eigenvalue weighted by atomic mass is 16.5. The van der Waals surface area contributed by atoms with Crippen LogP contribution in [0.15, 0.2) is 30.3 Å². The van der Waals surface area contributed by atoms with Crippen molar-refractivity contribution in [3.63, 3.8) is 0 Å². The fourth-order valence-electron chi connectivity index (χ4n) is 1.92. The minimum absolute atomic E-state index is 0.746. The highest BCUT2D eigenvalue weighted by molar-refractivity contribution is 5.15. The zero-order valence-electron chi connectivity index (χ0n) is 7.91. The molecule has 1 saturated heterocycles. The lowest BCUT2D eigenvalue weighted by atomic mass is 9.94. The molecule has 0 aromatic heterocycles. The van der Waals surface area contributed by atoms with Gasteiger partial charge in [0.05, 0.1) is 0 Å². The first-order chi connectivity index (χ1) is 6.45. The van der Waals surface area contributed by atoms with Crippen molar-refractivity contribution in [2.24, 2.45) is 5.92 Å². The lowest BCUT2D eigenvalue weighted by Crippen LogP contribution is -2.19. The molecule has 1 aromatic rings. The Balaban J connectivity index is 1.90. The molecule has 0 amide bonds. The molecule has 1 atom stereocenters. The van der Waals surface area contributed by atoms with Gasteiger partial charge in [-0.15, -0.1) is 0 Å². The van der Waals surface area contributed by atoms with Crippen LogP contribution in [0.2, 0.25) is 0 Å². The highest BCUT2D eigenvalue weighted by Crippen LogP contribution is 2.18. The van der Waals surface area contributed by atoms with E-state index in [1.54, 1.807) is 0 Å². The Labute approximate surface area is 79.7 Å². The van der Waals surface area contributed by atoms with Gasteiger partial charge >= 0.3 is 0 Å². The van der Waals surface area contributed by atoms with Crippen molar-refractivity contribution >= 4 is 0 Å². The van der Waals surface area contributed by atoms with Crippen molar-refractivity contribution in [1.29, 1.82) is 0 Å². The van der Waals surface area contributed by atoms with Crippen LogP contribution in [-0.4, -0.2) is 13.2 Å². The molecule has 0 spiro atoms. The molecule has 1 unspecified atom stereocenters. The van der Waals surface area contributed by atoms with Gasteiger partial charge in [-0.3, -0.25) is 0 Å². The Morgan fingerprint density at radius 1 is 1.23 bits per heavy atom. The largest absolute Gasteiger partial charge is 0.381 e. The van der Waals surface area contributed by atoms with Gasteiger partial charge in [-0.1, -0.05) is 30.3 Å². The second kappa shape index (κ2) is 4.43. The van der Waals surface area contributed by atoms with Crippen LogP contribution in [0.1, 0.15) is 18.4 Å². The second-order valence-corrected chi connectivity index (χ2v) is 3.77. The van der Waals surface area contributed by atoms with Gasteiger partial charge in [0.1, 0.15) is 0 Å². The Kier molecular flexibility index (Phi) is 2.98. The number of ether oxygens (including phenoxy) is 1. The van der Waals surface area contributed by atoms with E-state index in [-0.39, 0.29) is 0 Å². The third-order valence-corrected chi connectivity index (χ3v) is 2.62. The van der Waals surface area contributed by atoms with Crippen LogP contribution in [0.5, 0.6) is 0 Å². The summed E-state index contributed by atoms with van der Waals surface area (Å²) in [7, 11) is 0. The van der Waals surface area contributed by atoms with Gasteiger partial charge < -0.3 is 4.74 Å². The fraction of sp³-hybridized carbons (Fsp3) is 0.500. The summed E-state index contributed by atoms with van der Waals surface area (Å²) < 4.78 is 5.45. The van der Waals surface area contributed by atoms with Gasteiger partial charge in [0.15, 0.2) is 0 Å². The third kappa shape index (κ3) is 2.56. The van der Waals surface area contributed by atoms with E-state index in [1.165, 1.54) is 24.8 Å². The predicted molar refractivity (Wildman–Crippen MR) is 53.7 cm³/mol.